The minimum atomic E-state index is -0.945. The lowest BCUT2D eigenvalue weighted by Crippen LogP contribution is -2.19. The molecule has 2 heterocycles. The third-order valence-electron chi connectivity index (χ3n) is 4.61. The summed E-state index contributed by atoms with van der Waals surface area (Å²) in [5, 5.41) is 2.20. The molecule has 0 bridgehead atoms. The van der Waals surface area contributed by atoms with Gasteiger partial charge in [0.05, 0.1) is 15.6 Å². The molecule has 144 valence electrons. The maximum absolute atomic E-state index is 14.0. The maximum Gasteiger partial charge on any atom is 0.265 e. The van der Waals surface area contributed by atoms with Crippen molar-refractivity contribution in [3.05, 3.63) is 69.3 Å². The molecule has 0 saturated heterocycles. The fourth-order valence-corrected chi connectivity index (χ4v) is 4.59. The van der Waals surface area contributed by atoms with Crippen LogP contribution in [0, 0.1) is 17.5 Å². The molecule has 0 saturated carbocycles. The number of halogens is 4. The highest BCUT2D eigenvalue weighted by Gasteiger charge is 2.23. The van der Waals surface area contributed by atoms with E-state index in [0.717, 1.165) is 27.8 Å². The molecule has 0 atom stereocenters. The number of rotatable bonds is 2. The summed E-state index contributed by atoms with van der Waals surface area (Å²) < 4.78 is 40.9. The monoisotopic (exact) mass is 422 g/mol. The Hall–Kier alpha value is -2.51. The largest absolute Gasteiger partial charge is 0.374 e. The van der Waals surface area contributed by atoms with Gasteiger partial charge in [0, 0.05) is 35.8 Å². The first-order chi connectivity index (χ1) is 13.3. The van der Waals surface area contributed by atoms with Crippen molar-refractivity contribution in [1.82, 2.24) is 0 Å². The minimum Gasteiger partial charge on any atom is -0.374 e. The van der Waals surface area contributed by atoms with E-state index in [1.807, 2.05) is 11.9 Å². The first kappa shape index (κ1) is 18.8. The highest BCUT2D eigenvalue weighted by Crippen LogP contribution is 2.41. The highest BCUT2D eigenvalue weighted by molar-refractivity contribution is 7.17. The van der Waals surface area contributed by atoms with Gasteiger partial charge < -0.3 is 10.2 Å². The van der Waals surface area contributed by atoms with Crippen LogP contribution in [-0.2, 0) is 6.42 Å². The van der Waals surface area contributed by atoms with Gasteiger partial charge in [-0.25, -0.2) is 13.2 Å². The Morgan fingerprint density at radius 1 is 1.14 bits per heavy atom. The molecule has 3 nitrogen and oxygen atoms in total. The number of carbonyl (C=O) groups excluding carboxylic acids is 1. The van der Waals surface area contributed by atoms with Gasteiger partial charge in [-0.2, -0.15) is 0 Å². The van der Waals surface area contributed by atoms with Crippen LogP contribution in [0.15, 0.2) is 36.4 Å². The van der Waals surface area contributed by atoms with Gasteiger partial charge in [-0.15, -0.1) is 11.3 Å². The van der Waals surface area contributed by atoms with Gasteiger partial charge in [-0.05, 0) is 42.3 Å². The smallest absolute Gasteiger partial charge is 0.265 e. The number of thiophene rings is 1. The molecular weight excluding hydrogens is 409 g/mol. The number of nitrogens with one attached hydrogen (secondary N) is 1. The zero-order chi connectivity index (χ0) is 20.0. The van der Waals surface area contributed by atoms with Crippen molar-refractivity contribution in [1.29, 1.82) is 0 Å². The topological polar surface area (TPSA) is 32.3 Å². The fraction of sp³-hybridized carbons (Fsp3) is 0.150. The summed E-state index contributed by atoms with van der Waals surface area (Å²) in [7, 11) is 1.89. The Balaban J connectivity index is 1.70. The number of anilines is 2. The van der Waals surface area contributed by atoms with Crippen LogP contribution in [-0.4, -0.2) is 19.5 Å². The zero-order valence-electron chi connectivity index (χ0n) is 14.7. The van der Waals surface area contributed by atoms with Crippen LogP contribution in [0.25, 0.3) is 10.4 Å². The summed E-state index contributed by atoms with van der Waals surface area (Å²) in [6.07, 6.45) is 0.678. The van der Waals surface area contributed by atoms with Crippen molar-refractivity contribution in [2.75, 3.05) is 23.8 Å². The lowest BCUT2D eigenvalue weighted by atomic mass is 10.1. The van der Waals surface area contributed by atoms with Gasteiger partial charge in [0.2, 0.25) is 0 Å². The van der Waals surface area contributed by atoms with Gasteiger partial charge in [0.25, 0.3) is 5.91 Å². The Kier molecular flexibility index (Phi) is 4.81. The molecule has 0 unspecified atom stereocenters. The molecule has 28 heavy (non-hydrogen) atoms. The van der Waals surface area contributed by atoms with Gasteiger partial charge in [-0.3, -0.25) is 4.79 Å². The minimum absolute atomic E-state index is 0.216. The third kappa shape index (κ3) is 3.36. The van der Waals surface area contributed by atoms with E-state index < -0.39 is 17.5 Å². The summed E-state index contributed by atoms with van der Waals surface area (Å²) in [5.74, 6) is -2.64. The number of hydrogen-bond donors (Lipinski definition) is 1. The standard InChI is InChI=1S/C20H14ClF3N2OS/c1-26-5-4-10-6-17(28-19(10)13-3-2-11(22)9-16(13)26)20(27)25-18-14(21)7-12(23)8-15(18)24/h2-3,6-9H,4-5H2,1H3,(H,25,27). The van der Waals surface area contributed by atoms with Gasteiger partial charge >= 0.3 is 0 Å². The van der Waals surface area contributed by atoms with Crippen molar-refractivity contribution in [3.63, 3.8) is 0 Å². The van der Waals surface area contributed by atoms with Crippen LogP contribution in [0.5, 0.6) is 0 Å². The Morgan fingerprint density at radius 3 is 2.68 bits per heavy atom. The van der Waals surface area contributed by atoms with E-state index in [9.17, 15) is 18.0 Å². The van der Waals surface area contributed by atoms with Crippen LogP contribution in [0.3, 0.4) is 0 Å². The molecule has 0 aliphatic carbocycles. The second-order valence-corrected chi connectivity index (χ2v) is 7.96. The average molecular weight is 423 g/mol. The molecule has 1 amide bonds. The summed E-state index contributed by atoms with van der Waals surface area (Å²) in [4.78, 5) is 15.9. The van der Waals surface area contributed by atoms with E-state index in [-0.39, 0.29) is 16.5 Å². The van der Waals surface area contributed by atoms with Crippen LogP contribution >= 0.6 is 22.9 Å². The summed E-state index contributed by atoms with van der Waals surface area (Å²) in [6, 6.07) is 7.89. The lowest BCUT2D eigenvalue weighted by Gasteiger charge is -2.19. The van der Waals surface area contributed by atoms with Crippen molar-refractivity contribution < 1.29 is 18.0 Å². The summed E-state index contributed by atoms with van der Waals surface area (Å²) >= 11 is 7.10. The predicted molar refractivity (Wildman–Crippen MR) is 106 cm³/mol. The first-order valence-electron chi connectivity index (χ1n) is 8.43. The van der Waals surface area contributed by atoms with E-state index in [1.54, 1.807) is 12.1 Å². The van der Waals surface area contributed by atoms with E-state index in [4.69, 9.17) is 11.6 Å². The van der Waals surface area contributed by atoms with Crippen molar-refractivity contribution in [2.24, 2.45) is 0 Å². The molecule has 8 heteroatoms. The summed E-state index contributed by atoms with van der Waals surface area (Å²) in [6.45, 7) is 0.666. The number of carbonyl (C=O) groups is 1. The number of amides is 1. The molecular formula is C20H14ClF3N2OS. The van der Waals surface area contributed by atoms with Gasteiger partial charge in [0.15, 0.2) is 5.82 Å². The first-order valence-corrected chi connectivity index (χ1v) is 9.62. The Labute approximate surface area is 168 Å². The number of likely N-dealkylation sites (N-methyl/N-ethyl adjacent to an activating group) is 1. The molecule has 4 rings (SSSR count). The van der Waals surface area contributed by atoms with Crippen LogP contribution in [0.4, 0.5) is 24.5 Å². The number of nitrogens with zero attached hydrogens (tertiary/aromatic N) is 1. The SMILES string of the molecule is CN1CCc2cc(C(=O)Nc3c(F)cc(F)cc3Cl)sc2-c2ccc(F)cc21. The molecule has 0 spiro atoms. The summed E-state index contributed by atoms with van der Waals surface area (Å²) in [5.41, 5.74) is 2.28. The average Bonchev–Trinajstić information content (AvgIpc) is 3.01. The van der Waals surface area contributed by atoms with Crippen molar-refractivity contribution >= 4 is 40.2 Å². The second kappa shape index (κ2) is 7.14. The molecule has 0 fully saturated rings. The van der Waals surface area contributed by atoms with Crippen molar-refractivity contribution in [2.45, 2.75) is 6.42 Å². The molecule has 3 aromatic rings. The van der Waals surface area contributed by atoms with Gasteiger partial charge in [0.1, 0.15) is 11.6 Å². The lowest BCUT2D eigenvalue weighted by molar-refractivity contribution is 0.103. The van der Waals surface area contributed by atoms with E-state index >= 15 is 0 Å². The molecule has 1 aliphatic rings. The van der Waals surface area contributed by atoms with Crippen LogP contribution < -0.4 is 10.2 Å². The normalized spacial score (nSPS) is 13.0. The Morgan fingerprint density at radius 2 is 1.93 bits per heavy atom. The molecule has 0 radical (unpaired) electrons. The second-order valence-electron chi connectivity index (χ2n) is 6.50. The van der Waals surface area contributed by atoms with E-state index in [1.165, 1.54) is 23.5 Å². The molecule has 2 aromatic carbocycles. The molecule has 1 aliphatic heterocycles. The van der Waals surface area contributed by atoms with Gasteiger partial charge in [-0.1, -0.05) is 11.6 Å². The van der Waals surface area contributed by atoms with Crippen LogP contribution in [0.1, 0.15) is 15.2 Å². The highest BCUT2D eigenvalue weighted by atomic mass is 35.5. The number of hydrogen-bond acceptors (Lipinski definition) is 3. The van der Waals surface area contributed by atoms with E-state index in [0.29, 0.717) is 23.9 Å². The molecule has 1 aromatic heterocycles. The maximum atomic E-state index is 14.0. The van der Waals surface area contributed by atoms with Crippen molar-refractivity contribution in [3.8, 4) is 10.4 Å². The molecule has 1 N–H and O–H groups in total. The van der Waals surface area contributed by atoms with E-state index in [2.05, 4.69) is 5.32 Å². The van der Waals surface area contributed by atoms with Crippen LogP contribution in [0.2, 0.25) is 5.02 Å². The third-order valence-corrected chi connectivity index (χ3v) is 6.12. The fourth-order valence-electron chi connectivity index (χ4n) is 3.21. The zero-order valence-corrected chi connectivity index (χ0v) is 16.2. The quantitative estimate of drug-likeness (QED) is 0.572. The Bertz CT molecular complexity index is 1080. The number of fused-ring (bicyclic) bond motifs is 3. The predicted octanol–water partition coefficient (Wildman–Crippen LogP) is 5.73. The number of benzene rings is 2.